The Balaban J connectivity index is 2.25. The van der Waals surface area contributed by atoms with Gasteiger partial charge < -0.3 is 5.11 Å². The highest BCUT2D eigenvalue weighted by atomic mass is 35.5. The molecule has 23 heavy (non-hydrogen) atoms. The van der Waals surface area contributed by atoms with Gasteiger partial charge >= 0.3 is 5.97 Å². The van der Waals surface area contributed by atoms with Crippen molar-refractivity contribution in [2.45, 2.75) is 0 Å². The van der Waals surface area contributed by atoms with Crippen LogP contribution in [-0.4, -0.2) is 39.3 Å². The Morgan fingerprint density at radius 1 is 1.52 bits per heavy atom. The van der Waals surface area contributed by atoms with Crippen molar-refractivity contribution in [2.75, 3.05) is 6.54 Å². The van der Waals surface area contributed by atoms with Crippen molar-refractivity contribution < 1.29 is 14.7 Å². The lowest BCUT2D eigenvalue weighted by Crippen LogP contribution is -2.41. The maximum Gasteiger partial charge on any atom is 0.338 e. The van der Waals surface area contributed by atoms with Crippen LogP contribution in [0.25, 0.3) is 0 Å². The molecule has 8 heteroatoms. The minimum Gasteiger partial charge on any atom is -0.478 e. The van der Waals surface area contributed by atoms with E-state index in [1.807, 2.05) is 0 Å². The van der Waals surface area contributed by atoms with Gasteiger partial charge in [0, 0.05) is 16.8 Å². The summed E-state index contributed by atoms with van der Waals surface area (Å²) in [6.07, 6.45) is 7.16. The molecule has 2 rings (SSSR count). The highest BCUT2D eigenvalue weighted by Gasteiger charge is 2.20. The van der Waals surface area contributed by atoms with E-state index in [9.17, 15) is 9.59 Å². The monoisotopic (exact) mass is 332 g/mol. The van der Waals surface area contributed by atoms with Crippen LogP contribution in [0.1, 0.15) is 10.4 Å². The van der Waals surface area contributed by atoms with Gasteiger partial charge in [0.05, 0.1) is 18.3 Å². The molecule has 0 unspecified atom stereocenters. The SMILES string of the molecule is C=C/C=C(\C=C1/CN=C(n2cc(C(=O)O)cn2)NC1=O)C(=C)Cl. The molecule has 0 spiro atoms. The van der Waals surface area contributed by atoms with E-state index < -0.39 is 5.97 Å². The second kappa shape index (κ2) is 6.89. The topological polar surface area (TPSA) is 96.6 Å². The van der Waals surface area contributed by atoms with Gasteiger partial charge in [-0.05, 0) is 11.6 Å². The first-order valence-electron chi connectivity index (χ1n) is 6.44. The number of aromatic carboxylic acids is 1. The smallest absolute Gasteiger partial charge is 0.338 e. The minimum atomic E-state index is -1.11. The first kappa shape index (κ1) is 16.4. The van der Waals surface area contributed by atoms with E-state index in [0.717, 1.165) is 0 Å². The lowest BCUT2D eigenvalue weighted by Gasteiger charge is -2.16. The number of rotatable bonds is 4. The summed E-state index contributed by atoms with van der Waals surface area (Å²) >= 11 is 5.85. The maximum absolute atomic E-state index is 12.1. The van der Waals surface area contributed by atoms with E-state index in [0.29, 0.717) is 11.1 Å². The van der Waals surface area contributed by atoms with Gasteiger partial charge in [0.2, 0.25) is 5.96 Å². The number of nitrogens with one attached hydrogen (secondary N) is 1. The lowest BCUT2D eigenvalue weighted by atomic mass is 10.1. The fraction of sp³-hybridized carbons (Fsp3) is 0.0667. The van der Waals surface area contributed by atoms with Gasteiger partial charge in [0.25, 0.3) is 5.91 Å². The fourth-order valence-corrected chi connectivity index (χ4v) is 1.89. The number of halogens is 1. The van der Waals surface area contributed by atoms with Crippen molar-refractivity contribution >= 4 is 29.4 Å². The summed E-state index contributed by atoms with van der Waals surface area (Å²) in [5.74, 6) is -1.34. The number of aliphatic imine (C=N–C) groups is 1. The zero-order valence-corrected chi connectivity index (χ0v) is 12.7. The fourth-order valence-electron chi connectivity index (χ4n) is 1.77. The third-order valence-electron chi connectivity index (χ3n) is 2.90. The molecular formula is C15H13ClN4O3. The van der Waals surface area contributed by atoms with Crippen molar-refractivity contribution in [3.05, 3.63) is 65.5 Å². The zero-order valence-electron chi connectivity index (χ0n) is 12.0. The van der Waals surface area contributed by atoms with Gasteiger partial charge in [-0.1, -0.05) is 36.9 Å². The third kappa shape index (κ3) is 3.83. The molecule has 0 atom stereocenters. The van der Waals surface area contributed by atoms with Crippen molar-refractivity contribution in [2.24, 2.45) is 4.99 Å². The minimum absolute atomic E-state index is 0.00192. The predicted octanol–water partition coefficient (Wildman–Crippen LogP) is 1.71. The van der Waals surface area contributed by atoms with Crippen LogP contribution in [0.3, 0.4) is 0 Å². The van der Waals surface area contributed by atoms with E-state index in [4.69, 9.17) is 16.7 Å². The molecular weight excluding hydrogens is 320 g/mol. The summed E-state index contributed by atoms with van der Waals surface area (Å²) in [5, 5.41) is 15.5. The third-order valence-corrected chi connectivity index (χ3v) is 3.12. The molecule has 1 amide bonds. The summed E-state index contributed by atoms with van der Waals surface area (Å²) in [5.41, 5.74) is 0.935. The van der Waals surface area contributed by atoms with Crippen molar-refractivity contribution in [1.29, 1.82) is 0 Å². The second-order valence-electron chi connectivity index (χ2n) is 4.50. The number of allylic oxidation sites excluding steroid dienone is 5. The number of aromatic nitrogens is 2. The highest BCUT2D eigenvalue weighted by molar-refractivity contribution is 6.32. The molecule has 1 aromatic rings. The Morgan fingerprint density at radius 3 is 2.78 bits per heavy atom. The number of carbonyl (C=O) groups excluding carboxylic acids is 1. The summed E-state index contributed by atoms with van der Waals surface area (Å²) in [7, 11) is 0. The number of hydrogen-bond donors (Lipinski definition) is 2. The Morgan fingerprint density at radius 2 is 2.26 bits per heavy atom. The van der Waals surface area contributed by atoms with E-state index >= 15 is 0 Å². The molecule has 0 bridgehead atoms. The molecule has 0 aliphatic carbocycles. The first-order chi connectivity index (χ1) is 10.9. The van der Waals surface area contributed by atoms with Crippen LogP contribution in [0.5, 0.6) is 0 Å². The van der Waals surface area contributed by atoms with Gasteiger partial charge in [-0.15, -0.1) is 0 Å². The Bertz CT molecular complexity index is 786. The standard InChI is InChI=1S/C15H13ClN4O3/c1-3-4-10(9(2)16)5-11-6-17-15(19-13(11)21)20-8-12(7-18-20)14(22)23/h3-5,7-8H,1-2,6H2,(H,22,23)(H,17,19,21)/b10-4+,11-5+. The Labute approximate surface area is 137 Å². The molecule has 2 N–H and O–H groups in total. The molecule has 1 aromatic heterocycles. The quantitative estimate of drug-likeness (QED) is 0.648. The summed E-state index contributed by atoms with van der Waals surface area (Å²) < 4.78 is 1.19. The molecule has 0 radical (unpaired) electrons. The summed E-state index contributed by atoms with van der Waals surface area (Å²) in [6, 6.07) is 0. The number of amides is 1. The van der Waals surface area contributed by atoms with Crippen LogP contribution in [0.2, 0.25) is 0 Å². The van der Waals surface area contributed by atoms with Crippen molar-refractivity contribution in [1.82, 2.24) is 15.1 Å². The van der Waals surface area contributed by atoms with Gasteiger partial charge in [-0.2, -0.15) is 5.10 Å². The molecule has 7 nitrogen and oxygen atoms in total. The van der Waals surface area contributed by atoms with Gasteiger partial charge in [0.15, 0.2) is 0 Å². The van der Waals surface area contributed by atoms with Crippen molar-refractivity contribution in [3.8, 4) is 0 Å². The van der Waals surface area contributed by atoms with E-state index in [2.05, 4.69) is 28.6 Å². The van der Waals surface area contributed by atoms with E-state index in [1.165, 1.54) is 23.2 Å². The molecule has 0 aromatic carbocycles. The summed E-state index contributed by atoms with van der Waals surface area (Å²) in [4.78, 5) is 27.1. The molecule has 1 aliphatic rings. The van der Waals surface area contributed by atoms with E-state index in [-0.39, 0.29) is 29.0 Å². The van der Waals surface area contributed by atoms with Crippen LogP contribution in [-0.2, 0) is 4.79 Å². The number of carbonyl (C=O) groups is 2. The molecule has 1 aliphatic heterocycles. The predicted molar refractivity (Wildman–Crippen MR) is 86.4 cm³/mol. The lowest BCUT2D eigenvalue weighted by molar-refractivity contribution is -0.116. The van der Waals surface area contributed by atoms with E-state index in [1.54, 1.807) is 12.2 Å². The Hall–Kier alpha value is -2.93. The zero-order chi connectivity index (χ0) is 17.0. The van der Waals surface area contributed by atoms with Gasteiger partial charge in [-0.25, -0.2) is 14.5 Å². The van der Waals surface area contributed by atoms with Crippen LogP contribution in [0.4, 0.5) is 0 Å². The van der Waals surface area contributed by atoms with Gasteiger partial charge in [-0.3, -0.25) is 10.1 Å². The Kier molecular flexibility index (Phi) is 4.92. The molecule has 118 valence electrons. The van der Waals surface area contributed by atoms with Gasteiger partial charge in [0.1, 0.15) is 0 Å². The molecule has 0 saturated heterocycles. The normalized spacial score (nSPS) is 16.7. The number of hydrogen-bond acceptors (Lipinski definition) is 4. The molecule has 2 heterocycles. The number of carboxylic acids is 1. The largest absolute Gasteiger partial charge is 0.478 e. The summed E-state index contributed by atoms with van der Waals surface area (Å²) in [6.45, 7) is 7.28. The molecule has 0 saturated carbocycles. The number of carboxylic acid groups (broad SMARTS) is 1. The van der Waals surface area contributed by atoms with Crippen LogP contribution >= 0.6 is 11.6 Å². The van der Waals surface area contributed by atoms with Crippen LogP contribution in [0.15, 0.2) is 65.0 Å². The second-order valence-corrected chi connectivity index (χ2v) is 4.96. The average Bonchev–Trinajstić information content (AvgIpc) is 2.98. The highest BCUT2D eigenvalue weighted by Crippen LogP contribution is 2.17. The molecule has 0 fully saturated rings. The van der Waals surface area contributed by atoms with Crippen LogP contribution in [0, 0.1) is 0 Å². The number of nitrogens with zero attached hydrogens (tertiary/aromatic N) is 3. The maximum atomic E-state index is 12.1. The average molecular weight is 333 g/mol. The van der Waals surface area contributed by atoms with Crippen molar-refractivity contribution in [3.63, 3.8) is 0 Å². The van der Waals surface area contributed by atoms with Crippen LogP contribution < -0.4 is 5.32 Å². The first-order valence-corrected chi connectivity index (χ1v) is 6.82.